The molecule has 0 aliphatic carbocycles. The molecule has 0 N–H and O–H groups in total. The lowest BCUT2D eigenvalue weighted by Gasteiger charge is -2.29. The molecule has 2 rings (SSSR count). The first-order valence-corrected chi connectivity index (χ1v) is 8.79. The Balaban J connectivity index is 2.55. The lowest BCUT2D eigenvalue weighted by molar-refractivity contribution is -0.139. The van der Waals surface area contributed by atoms with E-state index in [-0.39, 0.29) is 13.2 Å². The Kier molecular flexibility index (Phi) is 7.04. The van der Waals surface area contributed by atoms with Gasteiger partial charge in [-0.3, -0.25) is 0 Å². The van der Waals surface area contributed by atoms with E-state index in [0.717, 1.165) is 5.56 Å². The number of esters is 2. The van der Waals surface area contributed by atoms with Gasteiger partial charge in [0.05, 0.1) is 30.3 Å². The summed E-state index contributed by atoms with van der Waals surface area (Å²) in [5.74, 6) is -1.54. The number of halogens is 1. The minimum absolute atomic E-state index is 0.240. The SMILES string of the molecule is C=CCN1C=C(C(=O)OCC)C(c2ccc(Cl)cc2)C(C(=O)OCC)=C1. The Morgan fingerprint density at radius 3 is 2.00 bits per heavy atom. The standard InChI is InChI=1S/C20H22ClNO4/c1-4-11-22-12-16(19(23)25-5-2)18(14-7-9-15(21)10-8-14)17(13-22)20(24)26-6-3/h4,7-10,12-13,18H,1,5-6,11H2,2-3H3. The highest BCUT2D eigenvalue weighted by atomic mass is 35.5. The first-order chi connectivity index (χ1) is 12.5. The van der Waals surface area contributed by atoms with Crippen LogP contribution in [0.4, 0.5) is 0 Å². The van der Waals surface area contributed by atoms with Crippen LogP contribution in [0.3, 0.4) is 0 Å². The van der Waals surface area contributed by atoms with Crippen LogP contribution in [0.2, 0.25) is 5.02 Å². The number of benzene rings is 1. The quantitative estimate of drug-likeness (QED) is 0.535. The minimum atomic E-state index is -0.591. The Hall–Kier alpha value is -2.53. The van der Waals surface area contributed by atoms with Gasteiger partial charge >= 0.3 is 11.9 Å². The normalized spacial score (nSPS) is 14.3. The van der Waals surface area contributed by atoms with E-state index in [0.29, 0.717) is 22.7 Å². The van der Waals surface area contributed by atoms with Gasteiger partial charge in [-0.05, 0) is 31.5 Å². The van der Waals surface area contributed by atoms with Gasteiger partial charge in [-0.2, -0.15) is 0 Å². The summed E-state index contributed by atoms with van der Waals surface area (Å²) in [7, 11) is 0. The smallest absolute Gasteiger partial charge is 0.336 e. The van der Waals surface area contributed by atoms with E-state index in [9.17, 15) is 9.59 Å². The van der Waals surface area contributed by atoms with Crippen molar-refractivity contribution in [1.29, 1.82) is 0 Å². The number of nitrogens with zero attached hydrogens (tertiary/aromatic N) is 1. The molecule has 1 aromatic carbocycles. The molecule has 0 saturated heterocycles. The highest BCUT2D eigenvalue weighted by molar-refractivity contribution is 6.30. The predicted molar refractivity (Wildman–Crippen MR) is 101 cm³/mol. The molecule has 0 radical (unpaired) electrons. The fourth-order valence-corrected chi connectivity index (χ4v) is 2.88. The average Bonchev–Trinajstić information content (AvgIpc) is 2.62. The molecule has 26 heavy (non-hydrogen) atoms. The molecule has 0 unspecified atom stereocenters. The van der Waals surface area contributed by atoms with E-state index in [4.69, 9.17) is 21.1 Å². The van der Waals surface area contributed by atoms with Gasteiger partial charge in [-0.1, -0.05) is 29.8 Å². The van der Waals surface area contributed by atoms with E-state index < -0.39 is 17.9 Å². The van der Waals surface area contributed by atoms with Crippen LogP contribution in [0.5, 0.6) is 0 Å². The van der Waals surface area contributed by atoms with Gasteiger partial charge in [0.15, 0.2) is 0 Å². The van der Waals surface area contributed by atoms with Crippen molar-refractivity contribution in [3.63, 3.8) is 0 Å². The summed E-state index contributed by atoms with van der Waals surface area (Å²) in [4.78, 5) is 26.9. The zero-order valence-corrected chi connectivity index (χ0v) is 15.7. The number of rotatable bonds is 7. The van der Waals surface area contributed by atoms with Crippen LogP contribution >= 0.6 is 11.6 Å². The third-order valence-corrected chi connectivity index (χ3v) is 4.05. The van der Waals surface area contributed by atoms with Crippen LogP contribution in [-0.4, -0.2) is 36.6 Å². The first-order valence-electron chi connectivity index (χ1n) is 8.41. The van der Waals surface area contributed by atoms with Crippen molar-refractivity contribution in [3.05, 3.63) is 71.1 Å². The van der Waals surface area contributed by atoms with Crippen molar-refractivity contribution in [2.75, 3.05) is 19.8 Å². The van der Waals surface area contributed by atoms with Gasteiger partial charge in [-0.15, -0.1) is 6.58 Å². The summed E-state index contributed by atoms with van der Waals surface area (Å²) < 4.78 is 10.4. The van der Waals surface area contributed by atoms with Crippen molar-refractivity contribution in [2.45, 2.75) is 19.8 Å². The van der Waals surface area contributed by atoms with Crippen LogP contribution in [0.25, 0.3) is 0 Å². The topological polar surface area (TPSA) is 55.8 Å². The fourth-order valence-electron chi connectivity index (χ4n) is 2.75. The monoisotopic (exact) mass is 375 g/mol. The highest BCUT2D eigenvalue weighted by Crippen LogP contribution is 2.37. The molecule has 1 aliphatic rings. The molecule has 138 valence electrons. The molecule has 1 heterocycles. The lowest BCUT2D eigenvalue weighted by atomic mass is 9.83. The maximum absolute atomic E-state index is 12.6. The van der Waals surface area contributed by atoms with Crippen LogP contribution in [-0.2, 0) is 19.1 Å². The van der Waals surface area contributed by atoms with E-state index in [1.807, 2.05) is 0 Å². The summed E-state index contributed by atoms with van der Waals surface area (Å²) in [6.07, 6.45) is 5.05. The third-order valence-electron chi connectivity index (χ3n) is 3.80. The van der Waals surface area contributed by atoms with E-state index in [1.165, 1.54) is 0 Å². The van der Waals surface area contributed by atoms with Crippen molar-refractivity contribution in [1.82, 2.24) is 4.90 Å². The fraction of sp³-hybridized carbons (Fsp3) is 0.300. The molecule has 0 bridgehead atoms. The molecule has 0 saturated carbocycles. The second-order valence-electron chi connectivity index (χ2n) is 5.58. The zero-order chi connectivity index (χ0) is 19.1. The molecule has 0 amide bonds. The molecular formula is C20H22ClNO4. The van der Waals surface area contributed by atoms with Gasteiger partial charge in [0.1, 0.15) is 0 Å². The molecule has 0 spiro atoms. The summed E-state index contributed by atoms with van der Waals surface area (Å²) in [6.45, 7) is 8.11. The number of hydrogen-bond acceptors (Lipinski definition) is 5. The second-order valence-corrected chi connectivity index (χ2v) is 6.02. The average molecular weight is 376 g/mol. The Labute approximate surface area is 158 Å². The molecule has 6 heteroatoms. The maximum atomic E-state index is 12.6. The van der Waals surface area contributed by atoms with E-state index in [1.54, 1.807) is 61.5 Å². The molecule has 1 aromatic rings. The predicted octanol–water partition coefficient (Wildman–Crippen LogP) is 3.82. The largest absolute Gasteiger partial charge is 0.463 e. The zero-order valence-electron chi connectivity index (χ0n) is 14.9. The summed E-state index contributed by atoms with van der Waals surface area (Å²) in [6, 6.07) is 7.02. The van der Waals surface area contributed by atoms with E-state index >= 15 is 0 Å². The highest BCUT2D eigenvalue weighted by Gasteiger charge is 2.35. The van der Waals surface area contributed by atoms with Gasteiger partial charge < -0.3 is 14.4 Å². The van der Waals surface area contributed by atoms with E-state index in [2.05, 4.69) is 6.58 Å². The summed E-state index contributed by atoms with van der Waals surface area (Å²) in [5, 5.41) is 0.571. The van der Waals surface area contributed by atoms with Crippen molar-refractivity contribution < 1.29 is 19.1 Å². The van der Waals surface area contributed by atoms with Crippen LogP contribution in [0.15, 0.2) is 60.5 Å². The van der Waals surface area contributed by atoms with Gasteiger partial charge in [0.2, 0.25) is 0 Å². The number of carbonyl (C=O) groups is 2. The van der Waals surface area contributed by atoms with Gasteiger partial charge in [0.25, 0.3) is 0 Å². The van der Waals surface area contributed by atoms with Crippen LogP contribution in [0.1, 0.15) is 25.3 Å². The lowest BCUT2D eigenvalue weighted by Crippen LogP contribution is -2.29. The Morgan fingerprint density at radius 2 is 1.58 bits per heavy atom. The molecule has 5 nitrogen and oxygen atoms in total. The molecule has 0 aromatic heterocycles. The Bertz CT molecular complexity index is 701. The molecule has 1 aliphatic heterocycles. The Morgan fingerprint density at radius 1 is 1.08 bits per heavy atom. The van der Waals surface area contributed by atoms with Crippen molar-refractivity contribution >= 4 is 23.5 Å². The van der Waals surface area contributed by atoms with Gasteiger partial charge in [0, 0.05) is 24.0 Å². The number of carbonyl (C=O) groups excluding carboxylic acids is 2. The number of hydrogen-bond donors (Lipinski definition) is 0. The van der Waals surface area contributed by atoms with Gasteiger partial charge in [-0.25, -0.2) is 9.59 Å². The van der Waals surface area contributed by atoms with Crippen molar-refractivity contribution in [3.8, 4) is 0 Å². The summed E-state index contributed by atoms with van der Waals surface area (Å²) in [5.41, 5.74) is 1.48. The molecule has 0 fully saturated rings. The second kappa shape index (κ2) is 9.25. The third kappa shape index (κ3) is 4.55. The van der Waals surface area contributed by atoms with Crippen LogP contribution in [0, 0.1) is 0 Å². The minimum Gasteiger partial charge on any atom is -0.463 e. The maximum Gasteiger partial charge on any atom is 0.336 e. The summed E-state index contributed by atoms with van der Waals surface area (Å²) >= 11 is 5.98. The van der Waals surface area contributed by atoms with Crippen LogP contribution < -0.4 is 0 Å². The van der Waals surface area contributed by atoms with Crippen molar-refractivity contribution in [2.24, 2.45) is 0 Å². The molecular weight excluding hydrogens is 354 g/mol. The molecule has 0 atom stereocenters. The number of ether oxygens (including phenoxy) is 2. The first kappa shape index (κ1) is 19.8.